The number of carbonyl (C=O) groups excluding carboxylic acids is 1. The minimum Gasteiger partial charge on any atom is -0.325 e. The maximum absolute atomic E-state index is 13.3. The van der Waals surface area contributed by atoms with Gasteiger partial charge in [0.2, 0.25) is 5.91 Å². The van der Waals surface area contributed by atoms with Gasteiger partial charge < -0.3 is 5.32 Å². The summed E-state index contributed by atoms with van der Waals surface area (Å²) in [6.45, 7) is 5.26. The molecule has 3 rings (SSSR count). The van der Waals surface area contributed by atoms with E-state index in [1.165, 1.54) is 17.4 Å². The van der Waals surface area contributed by atoms with Crippen molar-refractivity contribution in [1.82, 2.24) is 9.88 Å². The van der Waals surface area contributed by atoms with Gasteiger partial charge in [-0.05, 0) is 55.8 Å². The van der Waals surface area contributed by atoms with Crippen LogP contribution in [0.15, 0.2) is 47.8 Å². The van der Waals surface area contributed by atoms with Gasteiger partial charge >= 0.3 is 0 Å². The van der Waals surface area contributed by atoms with Crippen LogP contribution in [-0.4, -0.2) is 22.8 Å². The van der Waals surface area contributed by atoms with Crippen LogP contribution in [-0.2, 0) is 24.3 Å². The van der Waals surface area contributed by atoms with Crippen molar-refractivity contribution in [3.8, 4) is 0 Å². The Labute approximate surface area is 169 Å². The summed E-state index contributed by atoms with van der Waals surface area (Å²) in [7, 11) is 1.97. The van der Waals surface area contributed by atoms with Crippen molar-refractivity contribution in [2.45, 2.75) is 33.4 Å². The molecule has 6 heteroatoms. The Morgan fingerprint density at radius 2 is 2.00 bits per heavy atom. The topological polar surface area (TPSA) is 45.2 Å². The van der Waals surface area contributed by atoms with Gasteiger partial charge in [0.05, 0.1) is 12.1 Å². The van der Waals surface area contributed by atoms with E-state index in [1.54, 1.807) is 12.1 Å². The molecular formula is C22H24FN3OS. The van der Waals surface area contributed by atoms with E-state index in [0.717, 1.165) is 33.1 Å². The Bertz CT molecular complexity index is 970. The van der Waals surface area contributed by atoms with Gasteiger partial charge in [-0.2, -0.15) is 0 Å². The number of hydrogen-bond acceptors (Lipinski definition) is 4. The largest absolute Gasteiger partial charge is 0.325 e. The number of anilines is 1. The molecule has 0 saturated carbocycles. The van der Waals surface area contributed by atoms with Crippen molar-refractivity contribution in [1.29, 1.82) is 0 Å². The number of amides is 1. The van der Waals surface area contributed by atoms with E-state index >= 15 is 0 Å². The van der Waals surface area contributed by atoms with E-state index in [1.807, 2.05) is 50.5 Å². The first-order valence-corrected chi connectivity index (χ1v) is 10.0. The first-order valence-electron chi connectivity index (χ1n) is 9.12. The standard InChI is InChI=1S/C22H24FN3OS/c1-15-7-8-16(2)20(9-15)25-21(27)11-22-24-19(14-28-22)13-26(3)12-17-5-4-6-18(23)10-17/h4-10,14H,11-13H2,1-3H3,(H,25,27). The number of benzene rings is 2. The van der Waals surface area contributed by atoms with Gasteiger partial charge in [0.15, 0.2) is 0 Å². The second kappa shape index (κ2) is 9.08. The van der Waals surface area contributed by atoms with Gasteiger partial charge in [0.1, 0.15) is 10.8 Å². The zero-order valence-electron chi connectivity index (χ0n) is 16.3. The van der Waals surface area contributed by atoms with E-state index in [-0.39, 0.29) is 18.1 Å². The summed E-state index contributed by atoms with van der Waals surface area (Å²) in [5.41, 5.74) is 4.83. The van der Waals surface area contributed by atoms with Crippen LogP contribution >= 0.6 is 11.3 Å². The Kier molecular flexibility index (Phi) is 6.54. The van der Waals surface area contributed by atoms with Crippen LogP contribution in [0.3, 0.4) is 0 Å². The van der Waals surface area contributed by atoms with Crippen molar-refractivity contribution in [3.05, 3.63) is 81.1 Å². The zero-order chi connectivity index (χ0) is 20.1. The maximum atomic E-state index is 13.3. The SMILES string of the molecule is Cc1ccc(C)c(NC(=O)Cc2nc(CN(C)Cc3cccc(F)c3)cs2)c1. The third-order valence-electron chi connectivity index (χ3n) is 4.35. The van der Waals surface area contributed by atoms with Crippen molar-refractivity contribution in [2.75, 3.05) is 12.4 Å². The number of nitrogens with zero attached hydrogens (tertiary/aromatic N) is 2. The predicted octanol–water partition coefficient (Wildman–Crippen LogP) is 4.71. The van der Waals surface area contributed by atoms with Crippen LogP contribution in [0.5, 0.6) is 0 Å². The lowest BCUT2D eigenvalue weighted by Gasteiger charge is -2.15. The molecule has 1 N–H and O–H groups in total. The highest BCUT2D eigenvalue weighted by Crippen LogP contribution is 2.18. The van der Waals surface area contributed by atoms with Gasteiger partial charge in [-0.15, -0.1) is 11.3 Å². The molecule has 1 aromatic heterocycles. The number of hydrogen-bond donors (Lipinski definition) is 1. The van der Waals surface area contributed by atoms with Crippen molar-refractivity contribution < 1.29 is 9.18 Å². The molecule has 0 bridgehead atoms. The first-order chi connectivity index (χ1) is 13.4. The van der Waals surface area contributed by atoms with Gasteiger partial charge in [-0.1, -0.05) is 24.3 Å². The highest BCUT2D eigenvalue weighted by atomic mass is 32.1. The van der Waals surface area contributed by atoms with E-state index < -0.39 is 0 Å². The molecule has 0 saturated heterocycles. The fourth-order valence-electron chi connectivity index (χ4n) is 2.98. The quantitative estimate of drug-likeness (QED) is 0.628. The molecule has 146 valence electrons. The van der Waals surface area contributed by atoms with Crippen molar-refractivity contribution in [2.24, 2.45) is 0 Å². The van der Waals surface area contributed by atoms with Gasteiger partial charge in [-0.25, -0.2) is 9.37 Å². The summed E-state index contributed by atoms with van der Waals surface area (Å²) >= 11 is 1.49. The summed E-state index contributed by atoms with van der Waals surface area (Å²) in [5, 5.41) is 5.73. The molecule has 0 aliphatic carbocycles. The number of aryl methyl sites for hydroxylation is 2. The molecule has 0 aliphatic heterocycles. The van der Waals surface area contributed by atoms with Crippen LogP contribution in [0, 0.1) is 19.7 Å². The highest BCUT2D eigenvalue weighted by Gasteiger charge is 2.11. The molecule has 0 fully saturated rings. The zero-order valence-corrected chi connectivity index (χ0v) is 17.1. The molecule has 2 aromatic carbocycles. The summed E-state index contributed by atoms with van der Waals surface area (Å²) in [4.78, 5) is 19.0. The highest BCUT2D eigenvalue weighted by molar-refractivity contribution is 7.09. The average molecular weight is 398 g/mol. The maximum Gasteiger partial charge on any atom is 0.231 e. The average Bonchev–Trinajstić information content (AvgIpc) is 3.04. The number of carbonyl (C=O) groups is 1. The van der Waals surface area contributed by atoms with E-state index in [9.17, 15) is 9.18 Å². The third-order valence-corrected chi connectivity index (χ3v) is 5.25. The Morgan fingerprint density at radius 3 is 2.79 bits per heavy atom. The minimum absolute atomic E-state index is 0.0669. The van der Waals surface area contributed by atoms with Crippen molar-refractivity contribution >= 4 is 22.9 Å². The first kappa shape index (κ1) is 20.2. The number of nitrogens with one attached hydrogen (secondary N) is 1. The molecule has 4 nitrogen and oxygen atoms in total. The number of rotatable bonds is 7. The number of thiazole rings is 1. The van der Waals surface area contributed by atoms with Crippen LogP contribution < -0.4 is 5.32 Å². The van der Waals surface area contributed by atoms with Gasteiger partial charge in [-0.3, -0.25) is 9.69 Å². The van der Waals surface area contributed by atoms with Gasteiger partial charge in [0.25, 0.3) is 0 Å². The molecular weight excluding hydrogens is 373 g/mol. The molecule has 0 unspecified atom stereocenters. The van der Waals surface area contributed by atoms with Crippen LogP contribution in [0.25, 0.3) is 0 Å². The Hall–Kier alpha value is -2.57. The number of halogens is 1. The van der Waals surface area contributed by atoms with Crippen LogP contribution in [0.2, 0.25) is 0 Å². The lowest BCUT2D eigenvalue weighted by Crippen LogP contribution is -2.18. The van der Waals surface area contributed by atoms with Crippen LogP contribution in [0.4, 0.5) is 10.1 Å². The Morgan fingerprint density at radius 1 is 1.18 bits per heavy atom. The molecule has 28 heavy (non-hydrogen) atoms. The van der Waals surface area contributed by atoms with Crippen molar-refractivity contribution in [3.63, 3.8) is 0 Å². The summed E-state index contributed by atoms with van der Waals surface area (Å²) in [5.74, 6) is -0.292. The van der Waals surface area contributed by atoms with E-state index in [0.29, 0.717) is 13.1 Å². The summed E-state index contributed by atoms with van der Waals surface area (Å²) in [6.07, 6.45) is 0.256. The lowest BCUT2D eigenvalue weighted by atomic mass is 10.1. The monoisotopic (exact) mass is 397 g/mol. The van der Waals surface area contributed by atoms with Crippen LogP contribution in [0.1, 0.15) is 27.4 Å². The molecule has 0 atom stereocenters. The number of aromatic nitrogens is 1. The Balaban J connectivity index is 1.54. The smallest absolute Gasteiger partial charge is 0.231 e. The molecule has 0 aliphatic rings. The summed E-state index contributed by atoms with van der Waals surface area (Å²) < 4.78 is 13.3. The molecule has 0 spiro atoms. The second-order valence-corrected chi connectivity index (χ2v) is 8.02. The molecule has 1 amide bonds. The third kappa shape index (κ3) is 5.71. The van der Waals surface area contributed by atoms with E-state index in [4.69, 9.17) is 0 Å². The predicted molar refractivity (Wildman–Crippen MR) is 112 cm³/mol. The fraction of sp³-hybridized carbons (Fsp3) is 0.273. The molecule has 0 radical (unpaired) electrons. The minimum atomic E-state index is -0.225. The second-order valence-electron chi connectivity index (χ2n) is 7.08. The normalized spacial score (nSPS) is 11.0. The van der Waals surface area contributed by atoms with Gasteiger partial charge in [0, 0.05) is 24.2 Å². The van der Waals surface area contributed by atoms with E-state index in [2.05, 4.69) is 15.2 Å². The lowest BCUT2D eigenvalue weighted by molar-refractivity contribution is -0.115. The fourth-order valence-corrected chi connectivity index (χ4v) is 3.77. The summed E-state index contributed by atoms with van der Waals surface area (Å²) in [6, 6.07) is 12.6. The molecule has 3 aromatic rings. The molecule has 1 heterocycles.